The van der Waals surface area contributed by atoms with Gasteiger partial charge in [-0.3, -0.25) is 19.7 Å². The maximum absolute atomic E-state index is 12.4. The fourth-order valence-corrected chi connectivity index (χ4v) is 3.99. The highest BCUT2D eigenvalue weighted by atomic mass is 32.2. The average Bonchev–Trinajstić information content (AvgIpc) is 2.71. The van der Waals surface area contributed by atoms with Crippen LogP contribution >= 0.6 is 0 Å². The van der Waals surface area contributed by atoms with Gasteiger partial charge in [-0.1, -0.05) is 32.6 Å². The molecule has 0 aliphatic carbocycles. The van der Waals surface area contributed by atoms with Crippen LogP contribution < -0.4 is 19.7 Å². The number of sulfonamides is 1. The predicted molar refractivity (Wildman–Crippen MR) is 128 cm³/mol. The summed E-state index contributed by atoms with van der Waals surface area (Å²) in [6, 6.07) is 9.89. The third-order valence-corrected chi connectivity index (χ3v) is 5.59. The fourth-order valence-electron chi connectivity index (χ4n) is 3.42. The summed E-state index contributed by atoms with van der Waals surface area (Å²) in [4.78, 5) is 25.5. The summed E-state index contributed by atoms with van der Waals surface area (Å²) >= 11 is 0. The molecule has 174 valence electrons. The maximum Gasteiger partial charge on any atom is 0.328 e. The normalized spacial score (nSPS) is 14.3. The zero-order chi connectivity index (χ0) is 24.4. The first-order chi connectivity index (χ1) is 15.4. The first kappa shape index (κ1) is 24.1. The van der Waals surface area contributed by atoms with E-state index in [1.807, 2.05) is 26.8 Å². The molecular weight excluding hydrogens is 442 g/mol. The van der Waals surface area contributed by atoms with Crippen molar-refractivity contribution in [2.75, 3.05) is 29.5 Å². The Morgan fingerprint density at radius 2 is 1.76 bits per heavy atom. The van der Waals surface area contributed by atoms with Crippen molar-refractivity contribution in [2.45, 2.75) is 32.6 Å². The molecule has 1 saturated heterocycles. The highest BCUT2D eigenvalue weighted by molar-refractivity contribution is 7.92. The molecule has 0 radical (unpaired) electrons. The second-order valence-corrected chi connectivity index (χ2v) is 10.5. The molecule has 33 heavy (non-hydrogen) atoms. The zero-order valence-electron chi connectivity index (χ0n) is 19.3. The average molecular weight is 470 g/mol. The lowest BCUT2D eigenvalue weighted by atomic mass is 9.84. The number of nitrogens with zero attached hydrogens (tertiary/aromatic N) is 1. The molecule has 8 nitrogen and oxygen atoms in total. The molecule has 1 fully saturated rings. The molecule has 0 spiro atoms. The van der Waals surface area contributed by atoms with Crippen molar-refractivity contribution >= 4 is 33.3 Å². The smallest absolute Gasteiger partial charge is 0.328 e. The molecule has 1 heterocycles. The van der Waals surface area contributed by atoms with Gasteiger partial charge in [-0.2, -0.15) is 0 Å². The number of carbonyl (C=O) groups excluding carboxylic acids is 2. The third kappa shape index (κ3) is 6.05. The van der Waals surface area contributed by atoms with Gasteiger partial charge in [0.05, 0.1) is 18.9 Å². The van der Waals surface area contributed by atoms with Crippen molar-refractivity contribution < 1.29 is 22.7 Å². The van der Waals surface area contributed by atoms with E-state index in [-0.39, 0.29) is 24.3 Å². The van der Waals surface area contributed by atoms with E-state index in [0.717, 1.165) is 11.8 Å². The van der Waals surface area contributed by atoms with E-state index in [2.05, 4.69) is 21.9 Å². The number of ether oxygens (including phenoxy) is 1. The lowest BCUT2D eigenvalue weighted by Gasteiger charge is -2.30. The standard InChI is InChI=1S/C24H27N3O5S/c1-24(2,3)20-15-19(27-13-12-21(28)25-23(27)29)14-17(22(20)32-4)9-6-16-7-10-18(11-8-16)26-33(5,30)31/h7-8,10-11,14-15,26H,12-13H2,1-5H3,(H,25,28,29). The topological polar surface area (TPSA) is 105 Å². The van der Waals surface area contributed by atoms with E-state index in [1.165, 1.54) is 4.90 Å². The molecule has 2 N–H and O–H groups in total. The summed E-state index contributed by atoms with van der Waals surface area (Å²) < 4.78 is 30.9. The van der Waals surface area contributed by atoms with Crippen LogP contribution in [0.2, 0.25) is 0 Å². The van der Waals surface area contributed by atoms with Crippen LogP contribution in [-0.4, -0.2) is 40.3 Å². The fraction of sp³-hybridized carbons (Fsp3) is 0.333. The number of methoxy groups -OCH3 is 1. The summed E-state index contributed by atoms with van der Waals surface area (Å²) in [6.07, 6.45) is 1.31. The Kier molecular flexibility index (Phi) is 6.70. The summed E-state index contributed by atoms with van der Waals surface area (Å²) in [5.74, 6) is 6.51. The summed E-state index contributed by atoms with van der Waals surface area (Å²) in [5.41, 5.74) is 2.94. The lowest BCUT2D eigenvalue weighted by molar-refractivity contribution is -0.120. The van der Waals surface area contributed by atoms with Gasteiger partial charge in [0, 0.05) is 35.5 Å². The van der Waals surface area contributed by atoms with Crippen LogP contribution in [0, 0.1) is 11.8 Å². The summed E-state index contributed by atoms with van der Waals surface area (Å²) in [7, 11) is -1.78. The van der Waals surface area contributed by atoms with Gasteiger partial charge in [-0.05, 0) is 41.8 Å². The van der Waals surface area contributed by atoms with E-state index >= 15 is 0 Å². The van der Waals surface area contributed by atoms with Gasteiger partial charge in [0.15, 0.2) is 0 Å². The van der Waals surface area contributed by atoms with E-state index in [0.29, 0.717) is 28.3 Å². The molecule has 1 aliphatic rings. The Labute approximate surface area is 194 Å². The molecular formula is C24H27N3O5S. The number of urea groups is 1. The predicted octanol–water partition coefficient (Wildman–Crippen LogP) is 3.21. The van der Waals surface area contributed by atoms with E-state index in [1.54, 1.807) is 37.4 Å². The maximum atomic E-state index is 12.4. The SMILES string of the molecule is COc1c(C#Cc2ccc(NS(C)(=O)=O)cc2)cc(N2CCC(=O)NC2=O)cc1C(C)(C)C. The van der Waals surface area contributed by atoms with Gasteiger partial charge in [-0.25, -0.2) is 13.2 Å². The minimum atomic E-state index is -3.36. The largest absolute Gasteiger partial charge is 0.495 e. The van der Waals surface area contributed by atoms with Gasteiger partial charge in [-0.15, -0.1) is 0 Å². The molecule has 0 aromatic heterocycles. The highest BCUT2D eigenvalue weighted by Crippen LogP contribution is 2.38. The monoisotopic (exact) mass is 469 g/mol. The van der Waals surface area contributed by atoms with Crippen LogP contribution in [0.25, 0.3) is 0 Å². The minimum Gasteiger partial charge on any atom is -0.495 e. The summed E-state index contributed by atoms with van der Waals surface area (Å²) in [5, 5.41) is 2.35. The van der Waals surface area contributed by atoms with Gasteiger partial charge in [0.2, 0.25) is 15.9 Å². The zero-order valence-corrected chi connectivity index (χ0v) is 20.1. The summed E-state index contributed by atoms with van der Waals surface area (Å²) in [6.45, 7) is 6.40. The quantitative estimate of drug-likeness (QED) is 0.669. The highest BCUT2D eigenvalue weighted by Gasteiger charge is 2.28. The molecule has 3 amide bonds. The van der Waals surface area contributed by atoms with Crippen molar-refractivity contribution in [2.24, 2.45) is 0 Å². The number of anilines is 2. The van der Waals surface area contributed by atoms with Crippen molar-refractivity contribution in [1.82, 2.24) is 5.32 Å². The first-order valence-electron chi connectivity index (χ1n) is 10.3. The van der Waals surface area contributed by atoms with Crippen molar-refractivity contribution in [3.05, 3.63) is 53.1 Å². The van der Waals surface area contributed by atoms with Crippen molar-refractivity contribution in [3.63, 3.8) is 0 Å². The molecule has 0 saturated carbocycles. The number of imide groups is 1. The van der Waals surface area contributed by atoms with Crippen LogP contribution in [0.3, 0.4) is 0 Å². The molecule has 0 atom stereocenters. The van der Waals surface area contributed by atoms with Crippen LogP contribution in [0.1, 0.15) is 43.9 Å². The van der Waals surface area contributed by atoms with Gasteiger partial charge in [0.1, 0.15) is 5.75 Å². The number of hydrogen-bond donors (Lipinski definition) is 2. The number of amides is 3. The van der Waals surface area contributed by atoms with Crippen LogP contribution in [0.5, 0.6) is 5.75 Å². The second-order valence-electron chi connectivity index (χ2n) is 8.78. The Morgan fingerprint density at radius 3 is 2.30 bits per heavy atom. The molecule has 2 aromatic carbocycles. The molecule has 0 unspecified atom stereocenters. The van der Waals surface area contributed by atoms with Gasteiger partial charge < -0.3 is 4.74 Å². The van der Waals surface area contributed by atoms with Crippen LogP contribution in [-0.2, 0) is 20.2 Å². The minimum absolute atomic E-state index is 0.220. The molecule has 9 heteroatoms. The number of rotatable bonds is 4. The number of hydrogen-bond acceptors (Lipinski definition) is 5. The lowest BCUT2D eigenvalue weighted by Crippen LogP contribution is -2.49. The van der Waals surface area contributed by atoms with Crippen molar-refractivity contribution in [3.8, 4) is 17.6 Å². The number of carbonyl (C=O) groups is 2. The Hall–Kier alpha value is -3.51. The number of nitrogens with one attached hydrogen (secondary N) is 2. The first-order valence-corrected chi connectivity index (χ1v) is 12.2. The van der Waals surface area contributed by atoms with E-state index < -0.39 is 16.1 Å². The molecule has 2 aromatic rings. The van der Waals surface area contributed by atoms with E-state index in [9.17, 15) is 18.0 Å². The molecule has 1 aliphatic heterocycles. The van der Waals surface area contributed by atoms with Gasteiger partial charge >= 0.3 is 6.03 Å². The Balaban J connectivity index is 2.04. The second kappa shape index (κ2) is 9.16. The van der Waals surface area contributed by atoms with E-state index in [4.69, 9.17) is 4.74 Å². The molecule has 3 rings (SSSR count). The Bertz CT molecular complexity index is 1250. The number of benzene rings is 2. The Morgan fingerprint density at radius 1 is 1.09 bits per heavy atom. The van der Waals surface area contributed by atoms with Crippen LogP contribution in [0.15, 0.2) is 36.4 Å². The third-order valence-electron chi connectivity index (χ3n) is 4.98. The molecule has 0 bridgehead atoms. The van der Waals surface area contributed by atoms with Gasteiger partial charge in [0.25, 0.3) is 0 Å². The van der Waals surface area contributed by atoms with Crippen LogP contribution in [0.4, 0.5) is 16.2 Å². The van der Waals surface area contributed by atoms with Crippen molar-refractivity contribution in [1.29, 1.82) is 0 Å².